The lowest BCUT2D eigenvalue weighted by Crippen LogP contribution is -2.57. The summed E-state index contributed by atoms with van der Waals surface area (Å²) in [5.74, 6) is 3.21. The molecule has 2 bridgehead atoms. The Morgan fingerprint density at radius 3 is 2.74 bits per heavy atom. The van der Waals surface area contributed by atoms with Gasteiger partial charge in [-0.25, -0.2) is 9.78 Å². The minimum absolute atomic E-state index is 0.120. The fourth-order valence-electron chi connectivity index (χ4n) is 5.73. The molecule has 2 aromatic carbocycles. The summed E-state index contributed by atoms with van der Waals surface area (Å²) < 4.78 is 0. The number of anilines is 2. The number of carbonyl (C=O) groups excluding carboxylic acids is 1. The van der Waals surface area contributed by atoms with E-state index in [1.54, 1.807) is 0 Å². The summed E-state index contributed by atoms with van der Waals surface area (Å²) in [5.41, 5.74) is 4.52. The number of piperidine rings is 1. The van der Waals surface area contributed by atoms with E-state index in [9.17, 15) is 4.79 Å². The van der Waals surface area contributed by atoms with E-state index in [0.717, 1.165) is 59.6 Å². The van der Waals surface area contributed by atoms with Crippen molar-refractivity contribution in [3.8, 4) is 0 Å². The van der Waals surface area contributed by atoms with E-state index in [1.807, 2.05) is 36.0 Å². The summed E-state index contributed by atoms with van der Waals surface area (Å²) in [6.07, 6.45) is 4.25. The molecule has 6 rings (SSSR count). The highest BCUT2D eigenvalue weighted by atomic mass is 32.2. The van der Waals surface area contributed by atoms with Gasteiger partial charge in [0.05, 0.1) is 11.6 Å². The number of benzene rings is 2. The summed E-state index contributed by atoms with van der Waals surface area (Å²) >= 11 is 2.04. The molecule has 0 spiro atoms. The largest absolute Gasteiger partial charge is 0.363 e. The highest BCUT2D eigenvalue weighted by molar-refractivity contribution is 7.99. The molecule has 3 atom stereocenters. The van der Waals surface area contributed by atoms with Gasteiger partial charge < -0.3 is 16.0 Å². The van der Waals surface area contributed by atoms with Gasteiger partial charge in [-0.3, -0.25) is 4.90 Å². The molecule has 2 aliphatic heterocycles. The smallest absolute Gasteiger partial charge is 0.319 e. The van der Waals surface area contributed by atoms with Gasteiger partial charge in [-0.15, -0.1) is 0 Å². The van der Waals surface area contributed by atoms with Crippen molar-refractivity contribution in [3.63, 3.8) is 0 Å². The zero-order valence-corrected chi connectivity index (χ0v) is 20.3. The van der Waals surface area contributed by atoms with Gasteiger partial charge in [0.1, 0.15) is 5.82 Å². The van der Waals surface area contributed by atoms with Gasteiger partial charge in [0.2, 0.25) is 0 Å². The Balaban J connectivity index is 1.09. The fraction of sp³-hybridized carbons (Fsp3) is 0.407. The normalized spacial score (nSPS) is 26.1. The maximum absolute atomic E-state index is 12.7. The fourth-order valence-corrected chi connectivity index (χ4v) is 7.16. The van der Waals surface area contributed by atoms with Crippen LogP contribution in [-0.2, 0) is 6.42 Å². The first-order valence-electron chi connectivity index (χ1n) is 12.2. The predicted molar refractivity (Wildman–Crippen MR) is 141 cm³/mol. The van der Waals surface area contributed by atoms with Gasteiger partial charge in [0, 0.05) is 40.7 Å². The van der Waals surface area contributed by atoms with Gasteiger partial charge in [-0.05, 0) is 74.2 Å². The van der Waals surface area contributed by atoms with E-state index in [4.69, 9.17) is 4.98 Å². The zero-order chi connectivity index (χ0) is 23.1. The molecule has 2 fully saturated rings. The maximum Gasteiger partial charge on any atom is 0.319 e. The average molecular weight is 474 g/mol. The molecule has 3 aromatic rings. The van der Waals surface area contributed by atoms with Crippen LogP contribution in [0.1, 0.15) is 36.4 Å². The van der Waals surface area contributed by atoms with Crippen LogP contribution in [0.5, 0.6) is 0 Å². The number of aromatic nitrogens is 1. The third-order valence-electron chi connectivity index (χ3n) is 7.62. The van der Waals surface area contributed by atoms with Crippen LogP contribution in [0.3, 0.4) is 0 Å². The number of nitrogens with zero attached hydrogens (tertiary/aromatic N) is 2. The van der Waals surface area contributed by atoms with E-state index < -0.39 is 0 Å². The molecule has 3 N–H and O–H groups in total. The van der Waals surface area contributed by atoms with Gasteiger partial charge in [0.15, 0.2) is 0 Å². The van der Waals surface area contributed by atoms with Crippen molar-refractivity contribution in [1.29, 1.82) is 0 Å². The minimum atomic E-state index is -0.120. The summed E-state index contributed by atoms with van der Waals surface area (Å²) in [5, 5.41) is 10.9. The Morgan fingerprint density at radius 1 is 1.06 bits per heavy atom. The third-order valence-corrected chi connectivity index (χ3v) is 8.86. The SMILES string of the molecule is CN1C2CSCC1CC(NC(=O)Nc1ccc3nc(NC4CCc5ccccc54)ccc3c1)C2. The molecule has 6 nitrogen and oxygen atoms in total. The second kappa shape index (κ2) is 9.12. The number of hydrogen-bond donors (Lipinski definition) is 3. The lowest BCUT2D eigenvalue weighted by molar-refractivity contribution is 0.114. The number of aryl methyl sites for hydroxylation is 1. The monoisotopic (exact) mass is 473 g/mol. The average Bonchev–Trinajstić information content (AvgIpc) is 3.23. The maximum atomic E-state index is 12.7. The van der Waals surface area contributed by atoms with Gasteiger partial charge in [0.25, 0.3) is 0 Å². The minimum Gasteiger partial charge on any atom is -0.363 e. The van der Waals surface area contributed by atoms with Crippen LogP contribution in [0.4, 0.5) is 16.3 Å². The lowest BCUT2D eigenvalue weighted by atomic mass is 9.93. The zero-order valence-electron chi connectivity index (χ0n) is 19.5. The number of amides is 2. The Morgan fingerprint density at radius 2 is 1.88 bits per heavy atom. The van der Waals surface area contributed by atoms with Crippen LogP contribution in [0.2, 0.25) is 0 Å². The van der Waals surface area contributed by atoms with Crippen molar-refractivity contribution < 1.29 is 4.79 Å². The van der Waals surface area contributed by atoms with Crippen LogP contribution in [0.15, 0.2) is 54.6 Å². The number of rotatable bonds is 4. The van der Waals surface area contributed by atoms with E-state index in [2.05, 4.69) is 58.2 Å². The van der Waals surface area contributed by atoms with Crippen molar-refractivity contribution in [3.05, 3.63) is 65.7 Å². The summed E-state index contributed by atoms with van der Waals surface area (Å²) in [7, 11) is 2.22. The van der Waals surface area contributed by atoms with E-state index >= 15 is 0 Å². The number of thioether (sulfide) groups is 1. The highest BCUT2D eigenvalue weighted by Gasteiger charge is 2.36. The Labute approximate surface area is 204 Å². The van der Waals surface area contributed by atoms with Crippen LogP contribution < -0.4 is 16.0 Å². The number of pyridine rings is 1. The van der Waals surface area contributed by atoms with Crippen LogP contribution in [0, 0.1) is 0 Å². The van der Waals surface area contributed by atoms with E-state index in [1.165, 1.54) is 11.1 Å². The number of urea groups is 1. The lowest BCUT2D eigenvalue weighted by Gasteiger charge is -2.46. The highest BCUT2D eigenvalue weighted by Crippen LogP contribution is 2.34. The summed E-state index contributed by atoms with van der Waals surface area (Å²) in [4.78, 5) is 20.0. The molecule has 0 radical (unpaired) electrons. The second-order valence-corrected chi connectivity index (χ2v) is 10.9. The van der Waals surface area contributed by atoms with Crippen molar-refractivity contribution >= 4 is 40.2 Å². The second-order valence-electron chi connectivity index (χ2n) is 9.82. The topological polar surface area (TPSA) is 69.3 Å². The van der Waals surface area contributed by atoms with Crippen LogP contribution >= 0.6 is 11.8 Å². The van der Waals surface area contributed by atoms with Gasteiger partial charge >= 0.3 is 6.03 Å². The summed E-state index contributed by atoms with van der Waals surface area (Å²) in [6, 6.07) is 20.2. The van der Waals surface area contributed by atoms with Gasteiger partial charge in [-0.1, -0.05) is 24.3 Å². The van der Waals surface area contributed by atoms with Crippen molar-refractivity contribution in [2.45, 2.75) is 49.9 Å². The molecule has 176 valence electrons. The predicted octanol–water partition coefficient (Wildman–Crippen LogP) is 5.03. The number of hydrogen-bond acceptors (Lipinski definition) is 5. The molecule has 2 amide bonds. The molecule has 2 saturated heterocycles. The molecule has 7 heteroatoms. The third kappa shape index (κ3) is 4.34. The standard InChI is InChI=1S/C27H31N5OS/c1-32-21-13-20(14-22(32)16-34-15-21)29-27(33)28-19-8-10-24-18(12-19)7-11-26(30-24)31-25-9-6-17-4-2-3-5-23(17)25/h2-5,7-8,10-12,20-22,25H,6,9,13-16H2,1H3,(H,30,31)(H2,28,29,33). The van der Waals surface area contributed by atoms with E-state index in [0.29, 0.717) is 18.1 Å². The Bertz CT molecular complexity index is 1200. The van der Waals surface area contributed by atoms with Gasteiger partial charge in [-0.2, -0.15) is 11.8 Å². The van der Waals surface area contributed by atoms with Crippen molar-refractivity contribution in [2.75, 3.05) is 29.2 Å². The Kier molecular flexibility index (Phi) is 5.83. The molecular formula is C27H31N5OS. The molecule has 1 aliphatic carbocycles. The van der Waals surface area contributed by atoms with Crippen LogP contribution in [0.25, 0.3) is 10.9 Å². The first-order valence-corrected chi connectivity index (χ1v) is 13.4. The molecule has 3 aliphatic rings. The molecule has 1 aromatic heterocycles. The first-order chi connectivity index (χ1) is 16.6. The number of nitrogens with one attached hydrogen (secondary N) is 3. The Hall–Kier alpha value is -2.77. The van der Waals surface area contributed by atoms with Crippen molar-refractivity contribution in [2.24, 2.45) is 0 Å². The quantitative estimate of drug-likeness (QED) is 0.496. The summed E-state index contributed by atoms with van der Waals surface area (Å²) in [6.45, 7) is 0. The molecule has 3 unspecified atom stereocenters. The van der Waals surface area contributed by atoms with E-state index in [-0.39, 0.29) is 12.1 Å². The first kappa shape index (κ1) is 21.7. The molecule has 3 heterocycles. The van der Waals surface area contributed by atoms with Crippen LogP contribution in [-0.4, -0.2) is 52.6 Å². The molecular weight excluding hydrogens is 442 g/mol. The number of carbonyl (C=O) groups is 1. The molecule has 34 heavy (non-hydrogen) atoms. The van der Waals surface area contributed by atoms with Crippen molar-refractivity contribution in [1.82, 2.24) is 15.2 Å². The molecule has 0 saturated carbocycles. The number of fused-ring (bicyclic) bond motifs is 4.